The maximum atomic E-state index is 12.2. The lowest BCUT2D eigenvalue weighted by Crippen LogP contribution is -2.58. The van der Waals surface area contributed by atoms with Crippen LogP contribution >= 0.6 is 0 Å². The van der Waals surface area contributed by atoms with E-state index in [2.05, 4.69) is 26.1 Å². The molecule has 0 saturated heterocycles. The van der Waals surface area contributed by atoms with Gasteiger partial charge in [-0.2, -0.15) is 8.42 Å². The normalized spacial score (nSPS) is 45.1. The SMILES string of the molecule is C[C@H](CCC(=O)NCCS(=O)(=O)O)[C@H]1CC[C@H]2[C@@H]3[C@H](O)C[C@H]4C[C@H](O)CC[C@]4(C)[C@H]3CC[C@]12C. The van der Waals surface area contributed by atoms with Crippen LogP contribution in [0.25, 0.3) is 0 Å². The lowest BCUT2D eigenvalue weighted by molar-refractivity contribution is -0.174. The molecule has 0 spiro atoms. The van der Waals surface area contributed by atoms with Crippen LogP contribution in [0.5, 0.6) is 0 Å². The van der Waals surface area contributed by atoms with Crippen LogP contribution in [0.15, 0.2) is 0 Å². The molecule has 4 aliphatic carbocycles. The van der Waals surface area contributed by atoms with Crippen LogP contribution in [-0.2, 0) is 14.9 Å². The summed E-state index contributed by atoms with van der Waals surface area (Å²) in [6.45, 7) is 7.05. The van der Waals surface area contributed by atoms with E-state index in [1.165, 1.54) is 6.42 Å². The van der Waals surface area contributed by atoms with E-state index in [1.54, 1.807) is 0 Å². The first-order valence-corrected chi connectivity index (χ1v) is 15.0. The van der Waals surface area contributed by atoms with Crippen molar-refractivity contribution in [2.75, 3.05) is 12.3 Å². The second kappa shape index (κ2) is 9.64. The molecule has 34 heavy (non-hydrogen) atoms. The summed E-state index contributed by atoms with van der Waals surface area (Å²) in [5.41, 5.74) is 0.411. The van der Waals surface area contributed by atoms with E-state index < -0.39 is 15.9 Å². The fourth-order valence-corrected chi connectivity index (χ4v) is 9.50. The summed E-state index contributed by atoms with van der Waals surface area (Å²) < 4.78 is 30.5. The Balaban J connectivity index is 1.39. The summed E-state index contributed by atoms with van der Waals surface area (Å²) in [4.78, 5) is 12.2. The molecule has 0 aliphatic heterocycles. The number of carbonyl (C=O) groups is 1. The molecule has 0 radical (unpaired) electrons. The Labute approximate surface area is 205 Å². The first-order chi connectivity index (χ1) is 15.8. The number of rotatable bonds is 7. The van der Waals surface area contributed by atoms with E-state index in [0.717, 1.165) is 51.4 Å². The van der Waals surface area contributed by atoms with Gasteiger partial charge in [0.05, 0.1) is 18.0 Å². The fraction of sp³-hybridized carbons (Fsp3) is 0.962. The predicted molar refractivity (Wildman–Crippen MR) is 130 cm³/mol. The van der Waals surface area contributed by atoms with Gasteiger partial charge in [-0.25, -0.2) is 0 Å². The summed E-state index contributed by atoms with van der Waals surface area (Å²) in [5.74, 6) is 2.10. The molecule has 7 nitrogen and oxygen atoms in total. The summed E-state index contributed by atoms with van der Waals surface area (Å²) in [6.07, 6.45) is 8.87. The van der Waals surface area contributed by atoms with Gasteiger partial charge in [-0.1, -0.05) is 20.8 Å². The zero-order chi connectivity index (χ0) is 24.9. The third kappa shape index (κ3) is 4.94. The van der Waals surface area contributed by atoms with E-state index in [1.807, 2.05) is 0 Å². The number of nitrogens with one attached hydrogen (secondary N) is 1. The average molecular weight is 500 g/mol. The molecule has 4 fully saturated rings. The van der Waals surface area contributed by atoms with Gasteiger partial charge in [-0.05, 0) is 104 Å². The number of aliphatic hydroxyl groups excluding tert-OH is 2. The highest BCUT2D eigenvalue weighted by Gasteiger charge is 2.62. The number of amides is 1. The molecule has 10 atom stereocenters. The Morgan fingerprint density at radius 3 is 2.41 bits per heavy atom. The monoisotopic (exact) mass is 499 g/mol. The molecule has 0 heterocycles. The van der Waals surface area contributed by atoms with Crippen LogP contribution in [0.2, 0.25) is 0 Å². The van der Waals surface area contributed by atoms with E-state index in [-0.39, 0.29) is 35.5 Å². The van der Waals surface area contributed by atoms with Crippen LogP contribution in [0.1, 0.15) is 85.0 Å². The predicted octanol–water partition coefficient (Wildman–Crippen LogP) is 3.40. The Morgan fingerprint density at radius 2 is 1.71 bits per heavy atom. The van der Waals surface area contributed by atoms with Crippen LogP contribution in [0.4, 0.5) is 0 Å². The number of hydrogen-bond donors (Lipinski definition) is 4. The molecule has 0 aromatic heterocycles. The second-order valence-electron chi connectivity index (χ2n) is 12.6. The minimum absolute atomic E-state index is 0.0625. The maximum Gasteiger partial charge on any atom is 0.266 e. The maximum absolute atomic E-state index is 12.2. The minimum Gasteiger partial charge on any atom is -0.393 e. The molecule has 1 amide bonds. The molecular formula is C26H45NO6S. The van der Waals surface area contributed by atoms with Gasteiger partial charge in [0.2, 0.25) is 5.91 Å². The van der Waals surface area contributed by atoms with Crippen LogP contribution < -0.4 is 5.32 Å². The topological polar surface area (TPSA) is 124 Å². The molecule has 0 aromatic rings. The van der Waals surface area contributed by atoms with E-state index >= 15 is 0 Å². The second-order valence-corrected chi connectivity index (χ2v) is 14.2. The van der Waals surface area contributed by atoms with Crippen molar-refractivity contribution in [1.29, 1.82) is 0 Å². The van der Waals surface area contributed by atoms with Gasteiger partial charge < -0.3 is 15.5 Å². The Hall–Kier alpha value is -0.700. The lowest BCUT2D eigenvalue weighted by atomic mass is 9.43. The summed E-state index contributed by atoms with van der Waals surface area (Å²) >= 11 is 0. The number of aliphatic hydroxyl groups is 2. The first-order valence-electron chi connectivity index (χ1n) is 13.4. The van der Waals surface area contributed by atoms with Crippen molar-refractivity contribution in [3.8, 4) is 0 Å². The molecule has 4 saturated carbocycles. The van der Waals surface area contributed by atoms with Gasteiger partial charge in [0, 0.05) is 13.0 Å². The van der Waals surface area contributed by atoms with E-state index in [9.17, 15) is 23.4 Å². The van der Waals surface area contributed by atoms with Gasteiger partial charge >= 0.3 is 0 Å². The third-order valence-corrected chi connectivity index (χ3v) is 11.6. The van der Waals surface area contributed by atoms with E-state index in [4.69, 9.17) is 4.55 Å². The van der Waals surface area contributed by atoms with E-state index in [0.29, 0.717) is 41.9 Å². The smallest absolute Gasteiger partial charge is 0.266 e. The average Bonchev–Trinajstić information content (AvgIpc) is 3.09. The molecule has 0 bridgehead atoms. The van der Waals surface area contributed by atoms with Crippen molar-refractivity contribution in [2.24, 2.45) is 46.3 Å². The number of carbonyl (C=O) groups excluding carboxylic acids is 1. The zero-order valence-electron chi connectivity index (χ0n) is 21.1. The number of fused-ring (bicyclic) bond motifs is 5. The highest BCUT2D eigenvalue weighted by Crippen LogP contribution is 2.68. The summed E-state index contributed by atoms with van der Waals surface area (Å²) in [5, 5.41) is 24.2. The van der Waals surface area contributed by atoms with Crippen LogP contribution in [0.3, 0.4) is 0 Å². The minimum atomic E-state index is -4.06. The van der Waals surface area contributed by atoms with Crippen LogP contribution in [-0.4, -0.2) is 53.6 Å². The zero-order valence-corrected chi connectivity index (χ0v) is 21.9. The first kappa shape index (κ1) is 26.4. The van der Waals surface area contributed by atoms with Crippen molar-refractivity contribution in [3.05, 3.63) is 0 Å². The van der Waals surface area contributed by atoms with Crippen molar-refractivity contribution in [3.63, 3.8) is 0 Å². The molecule has 4 aliphatic rings. The van der Waals surface area contributed by atoms with Gasteiger partial charge in [0.1, 0.15) is 0 Å². The Bertz CT molecular complexity index is 863. The molecule has 8 heteroatoms. The highest BCUT2D eigenvalue weighted by molar-refractivity contribution is 7.85. The third-order valence-electron chi connectivity index (χ3n) is 10.9. The number of hydrogen-bond acceptors (Lipinski definition) is 5. The quantitative estimate of drug-likeness (QED) is 0.398. The Kier molecular flexibility index (Phi) is 7.47. The van der Waals surface area contributed by atoms with Crippen molar-refractivity contribution in [1.82, 2.24) is 5.32 Å². The van der Waals surface area contributed by atoms with Gasteiger partial charge in [0.15, 0.2) is 0 Å². The van der Waals surface area contributed by atoms with Gasteiger partial charge in [-0.15, -0.1) is 0 Å². The standard InChI is InChI=1S/C26H45NO6S/c1-16(4-7-23(30)27-12-13-34(31,32)33)19-5-6-20-24-21(9-11-26(19,20)3)25(2)10-8-18(28)14-17(25)15-22(24)29/h16-22,24,28-29H,4-15H2,1-3H3,(H,27,30)(H,31,32,33)/t16-,17-,18-,19-,20+,21+,22-,24+,25+,26-/m1/s1. The summed E-state index contributed by atoms with van der Waals surface area (Å²) in [6, 6.07) is 0. The van der Waals surface area contributed by atoms with Crippen molar-refractivity contribution < 1.29 is 28.0 Å². The molecule has 0 aromatic carbocycles. The summed E-state index contributed by atoms with van der Waals surface area (Å²) in [7, 11) is -4.06. The van der Waals surface area contributed by atoms with Crippen molar-refractivity contribution in [2.45, 2.75) is 97.2 Å². The largest absolute Gasteiger partial charge is 0.393 e. The van der Waals surface area contributed by atoms with Gasteiger partial charge in [0.25, 0.3) is 10.1 Å². The fourth-order valence-electron chi connectivity index (χ4n) is 9.14. The van der Waals surface area contributed by atoms with Crippen LogP contribution in [0, 0.1) is 46.3 Å². The molecular weight excluding hydrogens is 454 g/mol. The lowest BCUT2D eigenvalue weighted by Gasteiger charge is -2.62. The molecule has 0 unspecified atom stereocenters. The highest BCUT2D eigenvalue weighted by atomic mass is 32.2. The Morgan fingerprint density at radius 1 is 1.03 bits per heavy atom. The molecule has 4 rings (SSSR count). The molecule has 4 N–H and O–H groups in total. The van der Waals surface area contributed by atoms with Gasteiger partial charge in [-0.3, -0.25) is 9.35 Å². The van der Waals surface area contributed by atoms with Crippen molar-refractivity contribution >= 4 is 16.0 Å². The molecule has 196 valence electrons.